The number of thiazole rings is 1. The molecule has 0 saturated carbocycles. The maximum Gasteiger partial charge on any atom is 0.0985 e. The van der Waals surface area contributed by atoms with E-state index in [1.807, 2.05) is 11.3 Å². The second-order valence-electron chi connectivity index (χ2n) is 6.41. The molecule has 0 aliphatic heterocycles. The van der Waals surface area contributed by atoms with Gasteiger partial charge in [-0.2, -0.15) is 0 Å². The number of rotatable bonds is 6. The highest BCUT2D eigenvalue weighted by molar-refractivity contribution is 7.12. The maximum absolute atomic E-state index is 5.16. The molecule has 0 fully saturated rings. The molecule has 4 heteroatoms. The largest absolute Gasteiger partial charge is 0.384 e. The van der Waals surface area contributed by atoms with E-state index in [0.29, 0.717) is 12.0 Å². The number of methoxy groups -OCH3 is 1. The van der Waals surface area contributed by atoms with E-state index in [1.54, 1.807) is 7.11 Å². The van der Waals surface area contributed by atoms with Gasteiger partial charge in [0.05, 0.1) is 10.7 Å². The Morgan fingerprint density at radius 1 is 1.32 bits per heavy atom. The van der Waals surface area contributed by atoms with Crippen molar-refractivity contribution in [3.8, 4) is 0 Å². The zero-order valence-electron chi connectivity index (χ0n) is 13.3. The van der Waals surface area contributed by atoms with Gasteiger partial charge in [0.2, 0.25) is 0 Å². The zero-order chi connectivity index (χ0) is 14.6. The molecule has 1 heterocycles. The molecule has 2 unspecified atom stereocenters. The number of hydrogen-bond donors (Lipinski definition) is 1. The van der Waals surface area contributed by atoms with E-state index in [9.17, 15) is 0 Å². The van der Waals surface area contributed by atoms with Crippen LogP contribution in [0.15, 0.2) is 0 Å². The Bertz CT molecular complexity index is 395. The van der Waals surface area contributed by atoms with E-state index < -0.39 is 0 Å². The lowest BCUT2D eigenvalue weighted by Crippen LogP contribution is -2.26. The summed E-state index contributed by atoms with van der Waals surface area (Å²) in [6, 6.07) is 0.355. The van der Waals surface area contributed by atoms with Crippen molar-refractivity contribution in [3.05, 3.63) is 15.6 Å². The van der Waals surface area contributed by atoms with E-state index in [0.717, 1.165) is 18.8 Å². The second-order valence-corrected chi connectivity index (χ2v) is 7.44. The van der Waals surface area contributed by atoms with Crippen LogP contribution in [0, 0.1) is 12.8 Å². The first-order valence-electron chi connectivity index (χ1n) is 6.95. The summed E-state index contributed by atoms with van der Waals surface area (Å²) in [5, 5.41) is 4.80. The molecule has 0 spiro atoms. The van der Waals surface area contributed by atoms with Gasteiger partial charge in [0.1, 0.15) is 0 Å². The Labute approximate surface area is 121 Å². The SMILES string of the molecule is COCC(C)CNC(C)c1sc(C(C)(C)C)nc1C. The smallest absolute Gasteiger partial charge is 0.0985 e. The average molecular weight is 284 g/mol. The standard InChI is InChI=1S/C15H28N2OS/c1-10(9-18-7)8-16-11(2)13-12(3)17-14(19-13)15(4,5)6/h10-11,16H,8-9H2,1-7H3. The normalized spacial score (nSPS) is 15.5. The first-order valence-corrected chi connectivity index (χ1v) is 7.77. The van der Waals surface area contributed by atoms with Crippen molar-refractivity contribution in [2.75, 3.05) is 20.3 Å². The predicted octanol–water partition coefficient (Wildman–Crippen LogP) is 3.68. The van der Waals surface area contributed by atoms with Gasteiger partial charge in [0, 0.05) is 36.6 Å². The quantitative estimate of drug-likeness (QED) is 0.865. The molecule has 1 aromatic rings. The summed E-state index contributed by atoms with van der Waals surface area (Å²) >= 11 is 1.83. The Morgan fingerprint density at radius 2 is 1.95 bits per heavy atom. The summed E-state index contributed by atoms with van der Waals surface area (Å²) in [6.07, 6.45) is 0. The van der Waals surface area contributed by atoms with E-state index >= 15 is 0 Å². The van der Waals surface area contributed by atoms with Gasteiger partial charge in [0.15, 0.2) is 0 Å². The predicted molar refractivity (Wildman–Crippen MR) is 83.0 cm³/mol. The third-order valence-corrected chi connectivity index (χ3v) is 4.86. The third-order valence-electron chi connectivity index (χ3n) is 3.09. The monoisotopic (exact) mass is 284 g/mol. The summed E-state index contributed by atoms with van der Waals surface area (Å²) in [4.78, 5) is 6.08. The highest BCUT2D eigenvalue weighted by Gasteiger charge is 2.22. The molecular weight excluding hydrogens is 256 g/mol. The Balaban J connectivity index is 2.67. The lowest BCUT2D eigenvalue weighted by molar-refractivity contribution is 0.157. The van der Waals surface area contributed by atoms with Gasteiger partial charge in [-0.3, -0.25) is 0 Å². The molecule has 0 bridgehead atoms. The summed E-state index contributed by atoms with van der Waals surface area (Å²) in [5.41, 5.74) is 1.30. The minimum atomic E-state index is 0.136. The number of ether oxygens (including phenoxy) is 1. The van der Waals surface area contributed by atoms with Crippen LogP contribution >= 0.6 is 11.3 Å². The maximum atomic E-state index is 5.16. The van der Waals surface area contributed by atoms with Crippen molar-refractivity contribution in [3.63, 3.8) is 0 Å². The Morgan fingerprint density at radius 3 is 2.42 bits per heavy atom. The minimum absolute atomic E-state index is 0.136. The van der Waals surface area contributed by atoms with Crippen molar-refractivity contribution in [2.45, 2.75) is 53.0 Å². The van der Waals surface area contributed by atoms with E-state index in [4.69, 9.17) is 9.72 Å². The zero-order valence-corrected chi connectivity index (χ0v) is 14.1. The first kappa shape index (κ1) is 16.6. The van der Waals surface area contributed by atoms with Crippen molar-refractivity contribution in [1.29, 1.82) is 0 Å². The van der Waals surface area contributed by atoms with Crippen molar-refractivity contribution < 1.29 is 4.74 Å². The molecule has 1 N–H and O–H groups in total. The van der Waals surface area contributed by atoms with Gasteiger partial charge in [-0.05, 0) is 19.8 Å². The van der Waals surface area contributed by atoms with Crippen molar-refractivity contribution in [2.24, 2.45) is 5.92 Å². The molecule has 1 aromatic heterocycles. The number of aromatic nitrogens is 1. The fraction of sp³-hybridized carbons (Fsp3) is 0.800. The Kier molecular flexibility index (Phi) is 5.96. The number of nitrogens with one attached hydrogen (secondary N) is 1. The summed E-state index contributed by atoms with van der Waals surface area (Å²) < 4.78 is 5.16. The molecule has 2 atom stereocenters. The van der Waals surface area contributed by atoms with Gasteiger partial charge < -0.3 is 10.1 Å². The molecule has 1 rings (SSSR count). The van der Waals surface area contributed by atoms with Crippen molar-refractivity contribution >= 4 is 11.3 Å². The summed E-state index contributed by atoms with van der Waals surface area (Å²) in [6.45, 7) is 14.9. The minimum Gasteiger partial charge on any atom is -0.384 e. The van der Waals surface area contributed by atoms with Crippen LogP contribution in [0.1, 0.15) is 56.2 Å². The van der Waals surface area contributed by atoms with Crippen LogP contribution in [0.25, 0.3) is 0 Å². The number of nitrogens with zero attached hydrogens (tertiary/aromatic N) is 1. The third kappa shape index (κ3) is 4.86. The van der Waals surface area contributed by atoms with E-state index in [1.165, 1.54) is 9.88 Å². The molecule has 0 radical (unpaired) electrons. The van der Waals surface area contributed by atoms with E-state index in [2.05, 4.69) is 46.9 Å². The van der Waals surface area contributed by atoms with Gasteiger partial charge in [-0.25, -0.2) is 4.98 Å². The highest BCUT2D eigenvalue weighted by atomic mass is 32.1. The van der Waals surface area contributed by atoms with Crippen LogP contribution in [0.5, 0.6) is 0 Å². The average Bonchev–Trinajstić information content (AvgIpc) is 2.68. The molecular formula is C15H28N2OS. The molecule has 0 aromatic carbocycles. The topological polar surface area (TPSA) is 34.1 Å². The molecule has 19 heavy (non-hydrogen) atoms. The fourth-order valence-corrected chi connectivity index (χ4v) is 3.10. The van der Waals surface area contributed by atoms with Gasteiger partial charge in [-0.1, -0.05) is 27.7 Å². The Hall–Kier alpha value is -0.450. The van der Waals surface area contributed by atoms with Crippen LogP contribution in [0.2, 0.25) is 0 Å². The van der Waals surface area contributed by atoms with E-state index in [-0.39, 0.29) is 5.41 Å². The molecule has 110 valence electrons. The van der Waals surface area contributed by atoms with Crippen LogP contribution in [-0.4, -0.2) is 25.2 Å². The number of hydrogen-bond acceptors (Lipinski definition) is 4. The number of aryl methyl sites for hydroxylation is 1. The summed E-state index contributed by atoms with van der Waals surface area (Å²) in [5.74, 6) is 0.530. The van der Waals surface area contributed by atoms with Gasteiger partial charge in [0.25, 0.3) is 0 Å². The highest BCUT2D eigenvalue weighted by Crippen LogP contribution is 2.32. The van der Waals surface area contributed by atoms with Crippen LogP contribution in [0.3, 0.4) is 0 Å². The van der Waals surface area contributed by atoms with Crippen molar-refractivity contribution in [1.82, 2.24) is 10.3 Å². The fourth-order valence-electron chi connectivity index (χ4n) is 1.94. The van der Waals surface area contributed by atoms with Gasteiger partial charge in [-0.15, -0.1) is 11.3 Å². The molecule has 0 aliphatic rings. The molecule has 0 aliphatic carbocycles. The molecule has 3 nitrogen and oxygen atoms in total. The second kappa shape index (κ2) is 6.82. The first-order chi connectivity index (χ1) is 8.75. The van der Waals surface area contributed by atoms with Gasteiger partial charge >= 0.3 is 0 Å². The van der Waals surface area contributed by atoms with Crippen LogP contribution < -0.4 is 5.32 Å². The summed E-state index contributed by atoms with van der Waals surface area (Å²) in [7, 11) is 1.75. The molecule has 0 saturated heterocycles. The van der Waals surface area contributed by atoms with Crippen LogP contribution in [0.4, 0.5) is 0 Å². The molecule has 0 amide bonds. The van der Waals surface area contributed by atoms with Crippen LogP contribution in [-0.2, 0) is 10.2 Å². The lowest BCUT2D eigenvalue weighted by Gasteiger charge is -2.17. The lowest BCUT2D eigenvalue weighted by atomic mass is 9.98.